The molecule has 3 rings (SSSR count). The van der Waals surface area contributed by atoms with Crippen LogP contribution in [-0.4, -0.2) is 45.1 Å². The van der Waals surface area contributed by atoms with E-state index in [2.05, 4.69) is 15.5 Å². The van der Waals surface area contributed by atoms with E-state index in [4.69, 9.17) is 18.9 Å². The van der Waals surface area contributed by atoms with Gasteiger partial charge in [-0.15, -0.1) is 0 Å². The van der Waals surface area contributed by atoms with Crippen LogP contribution in [0.4, 0.5) is 5.13 Å². The summed E-state index contributed by atoms with van der Waals surface area (Å²) in [5.74, 6) is 1.20. The molecule has 8 nitrogen and oxygen atoms in total. The van der Waals surface area contributed by atoms with Gasteiger partial charge < -0.3 is 18.9 Å². The maximum atomic E-state index is 12.2. The molecule has 0 bridgehead atoms. The van der Waals surface area contributed by atoms with Gasteiger partial charge in [-0.25, -0.2) is 9.78 Å². The van der Waals surface area contributed by atoms with E-state index >= 15 is 0 Å². The van der Waals surface area contributed by atoms with Gasteiger partial charge in [-0.1, -0.05) is 48.6 Å². The molecule has 0 amide bonds. The Morgan fingerprint density at radius 2 is 1.81 bits per heavy atom. The lowest BCUT2D eigenvalue weighted by atomic mass is 10.1. The van der Waals surface area contributed by atoms with Crippen LogP contribution in [0.2, 0.25) is 0 Å². The summed E-state index contributed by atoms with van der Waals surface area (Å²) < 4.78 is 21.6. The van der Waals surface area contributed by atoms with Gasteiger partial charge in [0, 0.05) is 11.1 Å². The van der Waals surface area contributed by atoms with Crippen LogP contribution in [0.15, 0.2) is 47.6 Å². The van der Waals surface area contributed by atoms with Gasteiger partial charge in [-0.3, -0.25) is 5.43 Å². The van der Waals surface area contributed by atoms with Gasteiger partial charge >= 0.3 is 5.97 Å². The molecule has 3 aromatic rings. The molecule has 9 heteroatoms. The minimum atomic E-state index is -0.449. The predicted molar refractivity (Wildman–Crippen MR) is 125 cm³/mol. The number of carbonyl (C=O) groups excluding carboxylic acids is 1. The van der Waals surface area contributed by atoms with Crippen LogP contribution < -0.4 is 19.6 Å². The van der Waals surface area contributed by atoms with Gasteiger partial charge in [0.1, 0.15) is 4.88 Å². The van der Waals surface area contributed by atoms with Crippen molar-refractivity contribution in [2.45, 2.75) is 13.3 Å². The number of thiazole rings is 1. The van der Waals surface area contributed by atoms with E-state index in [1.807, 2.05) is 37.3 Å². The number of nitrogens with zero attached hydrogens (tertiary/aromatic N) is 2. The third-order valence-electron chi connectivity index (χ3n) is 4.35. The number of methoxy groups -OCH3 is 3. The van der Waals surface area contributed by atoms with E-state index in [0.29, 0.717) is 39.6 Å². The van der Waals surface area contributed by atoms with Gasteiger partial charge in [0.2, 0.25) is 10.9 Å². The second-order valence-electron chi connectivity index (χ2n) is 6.53. The van der Waals surface area contributed by atoms with Crippen molar-refractivity contribution >= 4 is 28.7 Å². The van der Waals surface area contributed by atoms with Crippen LogP contribution >= 0.6 is 11.3 Å². The average molecular weight is 456 g/mol. The number of carbonyl (C=O) groups is 1. The fourth-order valence-electron chi connectivity index (χ4n) is 2.87. The Labute approximate surface area is 190 Å². The third-order valence-corrected chi connectivity index (χ3v) is 5.29. The van der Waals surface area contributed by atoms with Crippen LogP contribution in [0.3, 0.4) is 0 Å². The largest absolute Gasteiger partial charge is 0.493 e. The maximum Gasteiger partial charge on any atom is 0.350 e. The molecule has 0 unspecified atom stereocenters. The van der Waals surface area contributed by atoms with Crippen LogP contribution in [0, 0.1) is 0 Å². The summed E-state index contributed by atoms with van der Waals surface area (Å²) in [6.45, 7) is 2.58. The zero-order chi connectivity index (χ0) is 22.9. The Morgan fingerprint density at radius 3 is 2.41 bits per heavy atom. The standard InChI is InChI=1S/C23H25N3O5S/c1-5-11-31-20-17(28-2)12-15(13-18(20)29-3)14-24-26-23-25-19(16-9-7-6-8-10-16)21(32-23)22(27)30-4/h6-10,12-14H,5,11H2,1-4H3,(H,25,26)/b24-14-. The summed E-state index contributed by atoms with van der Waals surface area (Å²) in [7, 11) is 4.49. The van der Waals surface area contributed by atoms with E-state index in [-0.39, 0.29) is 0 Å². The van der Waals surface area contributed by atoms with Crippen LogP contribution in [0.25, 0.3) is 11.3 Å². The van der Waals surface area contributed by atoms with Crippen LogP contribution in [0.1, 0.15) is 28.6 Å². The Morgan fingerprint density at radius 1 is 1.12 bits per heavy atom. The van der Waals surface area contributed by atoms with Crippen molar-refractivity contribution in [1.29, 1.82) is 0 Å². The first-order valence-electron chi connectivity index (χ1n) is 9.93. The van der Waals surface area contributed by atoms with Crippen molar-refractivity contribution in [2.24, 2.45) is 5.10 Å². The summed E-state index contributed by atoms with van der Waals surface area (Å²) in [6, 6.07) is 13.0. The monoisotopic (exact) mass is 455 g/mol. The minimum absolute atomic E-state index is 0.400. The lowest BCUT2D eigenvalue weighted by Crippen LogP contribution is -2.01. The molecule has 0 aliphatic carbocycles. The molecule has 1 N–H and O–H groups in total. The Bertz CT molecular complexity index is 1060. The van der Waals surface area contributed by atoms with Crippen molar-refractivity contribution < 1.29 is 23.7 Å². The topological polar surface area (TPSA) is 91.3 Å². The highest BCUT2D eigenvalue weighted by molar-refractivity contribution is 7.17. The molecule has 0 aliphatic heterocycles. The number of esters is 1. The number of hydrazone groups is 1. The number of rotatable bonds is 10. The first kappa shape index (κ1) is 23.1. The highest BCUT2D eigenvalue weighted by Crippen LogP contribution is 2.38. The van der Waals surface area contributed by atoms with Crippen molar-refractivity contribution in [1.82, 2.24) is 4.98 Å². The van der Waals surface area contributed by atoms with Gasteiger partial charge in [0.05, 0.1) is 39.8 Å². The Balaban J connectivity index is 1.84. The molecular weight excluding hydrogens is 430 g/mol. The summed E-state index contributed by atoms with van der Waals surface area (Å²) in [5.41, 5.74) is 4.98. The zero-order valence-electron chi connectivity index (χ0n) is 18.4. The molecule has 0 saturated carbocycles. The van der Waals surface area contributed by atoms with Crippen molar-refractivity contribution in [2.75, 3.05) is 33.4 Å². The molecule has 0 fully saturated rings. The summed E-state index contributed by atoms with van der Waals surface area (Å²) in [6.07, 6.45) is 2.47. The summed E-state index contributed by atoms with van der Waals surface area (Å²) in [4.78, 5) is 17.1. The smallest absolute Gasteiger partial charge is 0.350 e. The minimum Gasteiger partial charge on any atom is -0.493 e. The molecule has 168 valence electrons. The molecule has 1 heterocycles. The van der Waals surface area contributed by atoms with Crippen molar-refractivity contribution in [3.05, 3.63) is 52.9 Å². The van der Waals surface area contributed by atoms with Crippen molar-refractivity contribution in [3.8, 4) is 28.5 Å². The van der Waals surface area contributed by atoms with Crippen LogP contribution in [-0.2, 0) is 4.74 Å². The van der Waals surface area contributed by atoms with Gasteiger partial charge in [-0.05, 0) is 18.6 Å². The molecule has 0 atom stereocenters. The molecule has 0 saturated heterocycles. The predicted octanol–water partition coefficient (Wildman–Crippen LogP) is 4.85. The number of anilines is 1. The van der Waals surface area contributed by atoms with Crippen LogP contribution in [0.5, 0.6) is 17.2 Å². The second kappa shape index (κ2) is 11.1. The number of aromatic nitrogens is 1. The molecule has 32 heavy (non-hydrogen) atoms. The molecule has 2 aromatic carbocycles. The molecule has 0 radical (unpaired) electrons. The quantitative estimate of drug-likeness (QED) is 0.265. The first-order valence-corrected chi connectivity index (χ1v) is 10.7. The highest BCUT2D eigenvalue weighted by atomic mass is 32.1. The first-order chi connectivity index (χ1) is 15.6. The molecule has 0 aliphatic rings. The Kier molecular flexibility index (Phi) is 8.04. The molecule has 1 aromatic heterocycles. The summed E-state index contributed by atoms with van der Waals surface area (Å²) >= 11 is 1.17. The van der Waals surface area contributed by atoms with E-state index in [9.17, 15) is 4.79 Å². The third kappa shape index (κ3) is 5.36. The zero-order valence-corrected chi connectivity index (χ0v) is 19.2. The van der Waals surface area contributed by atoms with E-state index in [0.717, 1.165) is 17.5 Å². The van der Waals surface area contributed by atoms with Gasteiger partial charge in [0.15, 0.2) is 11.5 Å². The van der Waals surface area contributed by atoms with E-state index in [1.54, 1.807) is 32.6 Å². The van der Waals surface area contributed by atoms with Gasteiger partial charge in [-0.2, -0.15) is 5.10 Å². The van der Waals surface area contributed by atoms with E-state index in [1.165, 1.54) is 18.4 Å². The molecular formula is C23H25N3O5S. The number of ether oxygens (including phenoxy) is 4. The SMILES string of the molecule is CCCOc1c(OC)cc(/C=N\Nc2nc(-c3ccccc3)c(C(=O)OC)s2)cc1OC. The molecule has 0 spiro atoms. The highest BCUT2D eigenvalue weighted by Gasteiger charge is 2.20. The number of hydrogen-bond donors (Lipinski definition) is 1. The maximum absolute atomic E-state index is 12.2. The summed E-state index contributed by atoms with van der Waals surface area (Å²) in [5, 5.41) is 4.72. The van der Waals surface area contributed by atoms with Gasteiger partial charge in [0.25, 0.3) is 0 Å². The fourth-order valence-corrected chi connectivity index (χ4v) is 3.73. The Hall–Kier alpha value is -3.59. The number of benzene rings is 2. The fraction of sp³-hybridized carbons (Fsp3) is 0.261. The average Bonchev–Trinajstić information content (AvgIpc) is 3.26. The van der Waals surface area contributed by atoms with Crippen molar-refractivity contribution in [3.63, 3.8) is 0 Å². The lowest BCUT2D eigenvalue weighted by Gasteiger charge is -2.14. The normalized spacial score (nSPS) is 10.8. The number of hydrogen-bond acceptors (Lipinski definition) is 9. The number of nitrogens with one attached hydrogen (secondary N) is 1. The van der Waals surface area contributed by atoms with E-state index < -0.39 is 5.97 Å². The second-order valence-corrected chi connectivity index (χ2v) is 7.53. The lowest BCUT2D eigenvalue weighted by molar-refractivity contribution is 0.0607.